The van der Waals surface area contributed by atoms with Crippen molar-refractivity contribution in [3.8, 4) is 11.3 Å². The molecule has 0 saturated heterocycles. The van der Waals surface area contributed by atoms with Crippen LogP contribution in [0.4, 0.5) is 17.3 Å². The molecule has 156 valence electrons. The van der Waals surface area contributed by atoms with E-state index in [1.165, 1.54) is 30.4 Å². The summed E-state index contributed by atoms with van der Waals surface area (Å²) in [7, 11) is 0. The molecule has 0 bridgehead atoms. The number of nitro groups is 1. The maximum Gasteiger partial charge on any atom is 0.269 e. The first-order valence-electron chi connectivity index (χ1n) is 9.14. The van der Waals surface area contributed by atoms with E-state index in [0.717, 1.165) is 16.8 Å². The zero-order valence-electron chi connectivity index (χ0n) is 16.2. The summed E-state index contributed by atoms with van der Waals surface area (Å²) in [5, 5.41) is 22.4. The van der Waals surface area contributed by atoms with Crippen LogP contribution in [0.25, 0.3) is 16.2 Å². The summed E-state index contributed by atoms with van der Waals surface area (Å²) in [5.74, 6) is -0.262. The van der Waals surface area contributed by atoms with Gasteiger partial charge >= 0.3 is 0 Å². The van der Waals surface area contributed by atoms with Gasteiger partial charge in [-0.1, -0.05) is 12.1 Å². The van der Waals surface area contributed by atoms with Gasteiger partial charge in [0.2, 0.25) is 22.7 Å². The monoisotopic (exact) mass is 436 g/mol. The van der Waals surface area contributed by atoms with E-state index in [9.17, 15) is 19.7 Å². The molecule has 2 N–H and O–H groups in total. The average molecular weight is 436 g/mol. The number of fused-ring (bicyclic) bond motifs is 1. The molecule has 0 saturated carbocycles. The number of rotatable bonds is 6. The van der Waals surface area contributed by atoms with Crippen molar-refractivity contribution in [3.05, 3.63) is 69.6 Å². The van der Waals surface area contributed by atoms with Crippen LogP contribution in [0.1, 0.15) is 12.5 Å². The quantitative estimate of drug-likeness (QED) is 0.351. The Morgan fingerprint density at radius 1 is 1.10 bits per heavy atom. The number of carbonyl (C=O) groups is 2. The molecule has 0 atom stereocenters. The van der Waals surface area contributed by atoms with Crippen molar-refractivity contribution < 1.29 is 14.5 Å². The molecule has 2 aromatic carbocycles. The minimum atomic E-state index is -0.455. The summed E-state index contributed by atoms with van der Waals surface area (Å²) >= 11 is 1.35. The van der Waals surface area contributed by atoms with Gasteiger partial charge in [0.05, 0.1) is 17.0 Å². The summed E-state index contributed by atoms with van der Waals surface area (Å²) in [6.45, 7) is 1.43. The lowest BCUT2D eigenvalue weighted by atomic mass is 10.1. The van der Waals surface area contributed by atoms with Gasteiger partial charge in [-0.05, 0) is 29.8 Å². The Balaban J connectivity index is 1.46. The van der Waals surface area contributed by atoms with Crippen LogP contribution in [0, 0.1) is 10.1 Å². The van der Waals surface area contributed by atoms with Crippen molar-refractivity contribution >= 4 is 45.4 Å². The van der Waals surface area contributed by atoms with Gasteiger partial charge < -0.3 is 5.32 Å². The molecule has 2 amide bonds. The number of amides is 2. The second kappa shape index (κ2) is 8.32. The SMILES string of the molecule is CC(=O)Nc1ccc(CC(=O)Nc2nc3scc(-c4ccc([N+](=O)[O-])cc4)n3n2)cc1. The van der Waals surface area contributed by atoms with E-state index in [4.69, 9.17) is 0 Å². The van der Waals surface area contributed by atoms with Crippen molar-refractivity contribution in [1.29, 1.82) is 0 Å². The van der Waals surface area contributed by atoms with Gasteiger partial charge in [0, 0.05) is 35.7 Å². The number of hydrogen-bond donors (Lipinski definition) is 2. The summed E-state index contributed by atoms with van der Waals surface area (Å²) in [4.78, 5) is 38.7. The number of nitrogens with one attached hydrogen (secondary N) is 2. The van der Waals surface area contributed by atoms with Crippen LogP contribution in [0.15, 0.2) is 53.9 Å². The van der Waals surface area contributed by atoms with Gasteiger partial charge in [0.25, 0.3) is 5.69 Å². The Hall–Kier alpha value is -4.12. The van der Waals surface area contributed by atoms with Crippen LogP contribution < -0.4 is 10.6 Å². The van der Waals surface area contributed by atoms with E-state index in [0.29, 0.717) is 10.6 Å². The highest BCUT2D eigenvalue weighted by Gasteiger charge is 2.15. The molecule has 10 nitrogen and oxygen atoms in total. The second-order valence-corrected chi connectivity index (χ2v) is 7.49. The number of nitro benzene ring substituents is 1. The van der Waals surface area contributed by atoms with E-state index in [1.54, 1.807) is 40.9 Å². The maximum absolute atomic E-state index is 12.4. The molecule has 0 aliphatic rings. The van der Waals surface area contributed by atoms with Crippen LogP contribution in [-0.4, -0.2) is 31.3 Å². The average Bonchev–Trinajstić information content (AvgIpc) is 3.29. The lowest BCUT2D eigenvalue weighted by Gasteiger charge is -2.04. The maximum atomic E-state index is 12.4. The second-order valence-electron chi connectivity index (χ2n) is 6.66. The summed E-state index contributed by atoms with van der Waals surface area (Å²) in [6, 6.07) is 13.1. The molecule has 4 rings (SSSR count). The van der Waals surface area contributed by atoms with Gasteiger partial charge in [-0.3, -0.25) is 25.0 Å². The fourth-order valence-electron chi connectivity index (χ4n) is 2.95. The van der Waals surface area contributed by atoms with Gasteiger partial charge in [0.15, 0.2) is 0 Å². The van der Waals surface area contributed by atoms with Gasteiger partial charge in [-0.15, -0.1) is 16.4 Å². The van der Waals surface area contributed by atoms with E-state index in [2.05, 4.69) is 20.7 Å². The predicted molar refractivity (Wildman–Crippen MR) is 116 cm³/mol. The minimum absolute atomic E-state index is 0.00636. The largest absolute Gasteiger partial charge is 0.326 e. The van der Waals surface area contributed by atoms with Crippen LogP contribution >= 0.6 is 11.3 Å². The Bertz CT molecular complexity index is 1280. The van der Waals surface area contributed by atoms with Gasteiger partial charge in [0.1, 0.15) is 0 Å². The lowest BCUT2D eigenvalue weighted by molar-refractivity contribution is -0.384. The van der Waals surface area contributed by atoms with Crippen LogP contribution in [0.3, 0.4) is 0 Å². The number of benzene rings is 2. The minimum Gasteiger partial charge on any atom is -0.326 e. The van der Waals surface area contributed by atoms with Crippen molar-refractivity contribution in [3.63, 3.8) is 0 Å². The zero-order chi connectivity index (χ0) is 22.0. The summed E-state index contributed by atoms with van der Waals surface area (Å²) < 4.78 is 1.59. The Kier molecular flexibility index (Phi) is 5.41. The smallest absolute Gasteiger partial charge is 0.269 e. The zero-order valence-corrected chi connectivity index (χ0v) is 17.0. The summed E-state index contributed by atoms with van der Waals surface area (Å²) in [5.41, 5.74) is 2.91. The molecule has 4 aromatic rings. The predicted octanol–water partition coefficient (Wildman–Crippen LogP) is 3.51. The molecule has 31 heavy (non-hydrogen) atoms. The molecular formula is C20H16N6O4S. The third-order valence-electron chi connectivity index (χ3n) is 4.35. The number of non-ortho nitro benzene ring substituents is 1. The topological polar surface area (TPSA) is 132 Å². The number of carbonyl (C=O) groups excluding carboxylic acids is 2. The molecule has 0 fully saturated rings. The molecule has 11 heteroatoms. The highest BCUT2D eigenvalue weighted by molar-refractivity contribution is 7.15. The molecule has 0 aliphatic heterocycles. The summed E-state index contributed by atoms with van der Waals surface area (Å²) in [6.07, 6.45) is 0.127. The van der Waals surface area contributed by atoms with Gasteiger partial charge in [-0.2, -0.15) is 4.98 Å². The van der Waals surface area contributed by atoms with E-state index in [1.807, 2.05) is 5.38 Å². The molecule has 2 heterocycles. The van der Waals surface area contributed by atoms with Crippen molar-refractivity contribution in [2.45, 2.75) is 13.3 Å². The Morgan fingerprint density at radius 3 is 2.45 bits per heavy atom. The van der Waals surface area contributed by atoms with E-state index >= 15 is 0 Å². The highest BCUT2D eigenvalue weighted by Crippen LogP contribution is 2.27. The van der Waals surface area contributed by atoms with Crippen LogP contribution in [0.5, 0.6) is 0 Å². The first-order valence-corrected chi connectivity index (χ1v) is 10.0. The van der Waals surface area contributed by atoms with Crippen molar-refractivity contribution in [2.24, 2.45) is 0 Å². The first kappa shape index (κ1) is 20.2. The normalized spacial score (nSPS) is 10.7. The van der Waals surface area contributed by atoms with Crippen LogP contribution in [0.2, 0.25) is 0 Å². The Labute approximate surface area is 179 Å². The van der Waals surface area contributed by atoms with E-state index in [-0.39, 0.29) is 29.9 Å². The third kappa shape index (κ3) is 4.56. The first-order chi connectivity index (χ1) is 14.9. The standard InChI is InChI=1S/C20H16N6O4S/c1-12(27)21-15-6-2-13(3-7-15)10-18(28)22-19-23-20-25(24-19)17(11-31-20)14-4-8-16(9-5-14)26(29)30/h2-9,11H,10H2,1H3,(H,21,27)(H,22,24,28). The number of anilines is 2. The fourth-order valence-corrected chi connectivity index (χ4v) is 3.78. The number of hydrogen-bond acceptors (Lipinski definition) is 7. The molecule has 0 aliphatic carbocycles. The number of thiazole rings is 1. The third-order valence-corrected chi connectivity index (χ3v) is 5.16. The lowest BCUT2D eigenvalue weighted by Crippen LogP contribution is -2.15. The van der Waals surface area contributed by atoms with Crippen LogP contribution in [-0.2, 0) is 16.0 Å². The molecular weight excluding hydrogens is 420 g/mol. The van der Waals surface area contributed by atoms with Crippen molar-refractivity contribution in [2.75, 3.05) is 10.6 Å². The fraction of sp³-hybridized carbons (Fsp3) is 0.100. The Morgan fingerprint density at radius 2 is 1.81 bits per heavy atom. The van der Waals surface area contributed by atoms with Crippen molar-refractivity contribution in [1.82, 2.24) is 14.6 Å². The van der Waals surface area contributed by atoms with Gasteiger partial charge in [-0.25, -0.2) is 4.52 Å². The van der Waals surface area contributed by atoms with E-state index < -0.39 is 4.92 Å². The molecule has 0 spiro atoms. The number of aromatic nitrogens is 3. The highest BCUT2D eigenvalue weighted by atomic mass is 32.1. The molecule has 0 unspecified atom stereocenters. The molecule has 0 radical (unpaired) electrons. The molecule has 2 aromatic heterocycles. The number of nitrogens with zero attached hydrogens (tertiary/aromatic N) is 4.